The van der Waals surface area contributed by atoms with Crippen molar-refractivity contribution in [1.29, 1.82) is 0 Å². The number of nitrogens with zero attached hydrogens (tertiary/aromatic N) is 1. The third kappa shape index (κ3) is 7.93. The van der Waals surface area contributed by atoms with Gasteiger partial charge in [0, 0.05) is 29.6 Å². The standard InChI is InChI=1S/C33H42ClN3O7S/c1-2-3-6-21-15-25(34)11-13-27(21)24-18-37-17-23-9-12-28(23)30(38)8-5-4-7-26(20-44-33(35)40)45(41,42)36-32(39)22-10-14-31(43-19-24)29(37)16-22/h5,8,10-11,13-16,23-24,26,28,30,38H,2-4,6-7,9,12,17-20H2,1H3,(H2,35,40)(H,36,39)/b8-5-/t23-,24-,26-,28+,30-/m0/s1. The minimum atomic E-state index is -4.25. The van der Waals surface area contributed by atoms with Gasteiger partial charge in [0.2, 0.25) is 10.0 Å². The predicted octanol–water partition coefficient (Wildman–Crippen LogP) is 4.93. The largest absolute Gasteiger partial charge is 0.491 e. The molecule has 5 rings (SSSR count). The van der Waals surface area contributed by atoms with Crippen molar-refractivity contribution in [2.45, 2.75) is 69.1 Å². The summed E-state index contributed by atoms with van der Waals surface area (Å²) in [6, 6.07) is 11.0. The minimum Gasteiger partial charge on any atom is -0.491 e. The average molecular weight is 660 g/mol. The van der Waals surface area contributed by atoms with Crippen LogP contribution in [0.2, 0.25) is 5.02 Å². The van der Waals surface area contributed by atoms with Gasteiger partial charge in [-0.15, -0.1) is 0 Å². The van der Waals surface area contributed by atoms with Crippen LogP contribution in [-0.2, 0) is 21.2 Å². The molecule has 244 valence electrons. The lowest BCUT2D eigenvalue weighted by Gasteiger charge is -2.42. The molecule has 5 atom stereocenters. The number of hydrogen-bond donors (Lipinski definition) is 3. The van der Waals surface area contributed by atoms with Crippen molar-refractivity contribution >= 4 is 39.3 Å². The molecule has 0 unspecified atom stereocenters. The fourth-order valence-corrected chi connectivity index (χ4v) is 7.97. The van der Waals surface area contributed by atoms with Crippen molar-refractivity contribution in [3.63, 3.8) is 0 Å². The lowest BCUT2D eigenvalue weighted by molar-refractivity contribution is 0.0461. The topological polar surface area (TPSA) is 148 Å². The zero-order chi connectivity index (χ0) is 32.1. The molecule has 0 saturated heterocycles. The van der Waals surface area contributed by atoms with E-state index in [9.17, 15) is 23.1 Å². The number of aliphatic hydroxyl groups is 1. The first kappa shape index (κ1) is 33.1. The van der Waals surface area contributed by atoms with Crippen molar-refractivity contribution in [2.24, 2.45) is 17.6 Å². The molecule has 0 spiro atoms. The second-order valence-electron chi connectivity index (χ2n) is 12.3. The van der Waals surface area contributed by atoms with E-state index in [1.54, 1.807) is 30.4 Å². The summed E-state index contributed by atoms with van der Waals surface area (Å²) >= 11 is 6.40. The number of rotatable bonds is 6. The van der Waals surface area contributed by atoms with Gasteiger partial charge in [0.25, 0.3) is 5.91 Å². The van der Waals surface area contributed by atoms with Gasteiger partial charge < -0.3 is 25.2 Å². The number of aryl methyl sites for hydroxylation is 1. The number of primary amides is 1. The summed E-state index contributed by atoms with van der Waals surface area (Å²) in [5, 5.41) is 10.6. The zero-order valence-corrected chi connectivity index (χ0v) is 27.1. The summed E-state index contributed by atoms with van der Waals surface area (Å²) in [4.78, 5) is 26.8. The zero-order valence-electron chi connectivity index (χ0n) is 25.5. The Hall–Kier alpha value is -3.28. The molecular formula is C33H42ClN3O7S. The molecule has 10 nitrogen and oxygen atoms in total. The van der Waals surface area contributed by atoms with Gasteiger partial charge in [-0.2, -0.15) is 0 Å². The summed E-state index contributed by atoms with van der Waals surface area (Å²) < 4.78 is 39.9. The van der Waals surface area contributed by atoms with Gasteiger partial charge in [-0.25, -0.2) is 17.9 Å². The first-order chi connectivity index (χ1) is 21.6. The van der Waals surface area contributed by atoms with Crippen LogP contribution in [0.5, 0.6) is 5.75 Å². The molecule has 4 N–H and O–H groups in total. The lowest BCUT2D eigenvalue weighted by Crippen LogP contribution is -2.44. The van der Waals surface area contributed by atoms with Crippen LogP contribution in [0.15, 0.2) is 48.6 Å². The van der Waals surface area contributed by atoms with Crippen molar-refractivity contribution < 1.29 is 32.6 Å². The number of carbonyl (C=O) groups excluding carboxylic acids is 2. The fraction of sp³-hybridized carbons (Fsp3) is 0.515. The lowest BCUT2D eigenvalue weighted by atomic mass is 9.70. The number of allylic oxidation sites excluding steroid dienone is 1. The summed E-state index contributed by atoms with van der Waals surface area (Å²) in [6.45, 7) is 3.34. The van der Waals surface area contributed by atoms with Gasteiger partial charge in [0.15, 0.2) is 0 Å². The number of carbonyl (C=O) groups is 2. The normalized spacial score (nSPS) is 27.1. The minimum absolute atomic E-state index is 0.0131. The number of benzene rings is 2. The number of anilines is 1. The number of sulfonamides is 1. The van der Waals surface area contributed by atoms with Crippen molar-refractivity contribution in [3.8, 4) is 5.75 Å². The molecule has 0 radical (unpaired) electrons. The highest BCUT2D eigenvalue weighted by atomic mass is 35.5. The number of halogens is 1. The van der Waals surface area contributed by atoms with Crippen molar-refractivity contribution in [1.82, 2.24) is 4.72 Å². The smallest absolute Gasteiger partial charge is 0.404 e. The van der Waals surface area contributed by atoms with Crippen LogP contribution in [0.1, 0.15) is 72.9 Å². The maximum absolute atomic E-state index is 13.4. The van der Waals surface area contributed by atoms with E-state index in [1.807, 2.05) is 12.1 Å². The van der Waals surface area contributed by atoms with Crippen molar-refractivity contribution in [3.05, 3.63) is 70.3 Å². The SMILES string of the molecule is CCCCc1cc(Cl)ccc1[C@@H]1COc2ccc3cc2N(C1)C[C@@H]1CC[C@H]1[C@@H](O)/C=C\CC[C@@H](COC(N)=O)S(=O)(=O)NC3=O. The van der Waals surface area contributed by atoms with Crippen LogP contribution in [0.3, 0.4) is 0 Å². The molecule has 2 aromatic rings. The number of ether oxygens (including phenoxy) is 2. The van der Waals surface area contributed by atoms with Crippen LogP contribution in [0.4, 0.5) is 10.5 Å². The predicted molar refractivity (Wildman–Crippen MR) is 173 cm³/mol. The van der Waals surface area contributed by atoms with E-state index in [0.29, 0.717) is 42.6 Å². The third-order valence-corrected chi connectivity index (χ3v) is 11.2. The Labute approximate surface area is 270 Å². The molecule has 1 saturated carbocycles. The summed E-state index contributed by atoms with van der Waals surface area (Å²) in [5.41, 5.74) is 8.32. The summed E-state index contributed by atoms with van der Waals surface area (Å²) in [5.74, 6) is 0.0793. The molecule has 1 aliphatic carbocycles. The summed E-state index contributed by atoms with van der Waals surface area (Å²) in [6.07, 6.45) is 6.86. The molecule has 12 heteroatoms. The molecule has 1 fully saturated rings. The number of unbranched alkanes of at least 4 members (excludes halogenated alkanes) is 1. The average Bonchev–Trinajstić information content (AvgIpc) is 3.15. The van der Waals surface area contributed by atoms with Crippen LogP contribution in [0, 0.1) is 11.8 Å². The molecule has 2 bridgehead atoms. The molecule has 2 aromatic carbocycles. The number of nitrogens with two attached hydrogens (primary N) is 1. The summed E-state index contributed by atoms with van der Waals surface area (Å²) in [7, 11) is -4.25. The Balaban J connectivity index is 1.51. The fourth-order valence-electron chi connectivity index (χ4n) is 6.54. The Kier molecular flexibility index (Phi) is 10.6. The Morgan fingerprint density at radius 3 is 2.73 bits per heavy atom. The van der Waals surface area contributed by atoms with Crippen LogP contribution in [-0.4, -0.2) is 63.2 Å². The first-order valence-corrected chi connectivity index (χ1v) is 17.6. The Morgan fingerprint density at radius 1 is 1.18 bits per heavy atom. The van der Waals surface area contributed by atoms with Crippen LogP contribution >= 0.6 is 11.6 Å². The van der Waals surface area contributed by atoms with E-state index in [2.05, 4.69) is 22.6 Å². The van der Waals surface area contributed by atoms with E-state index in [1.165, 1.54) is 11.1 Å². The van der Waals surface area contributed by atoms with Gasteiger partial charge in [-0.3, -0.25) is 4.79 Å². The molecule has 3 aliphatic rings. The quantitative estimate of drug-likeness (QED) is 0.370. The van der Waals surface area contributed by atoms with Gasteiger partial charge in [0.1, 0.15) is 17.6 Å². The van der Waals surface area contributed by atoms with Gasteiger partial charge >= 0.3 is 6.09 Å². The van der Waals surface area contributed by atoms with E-state index in [4.69, 9.17) is 26.8 Å². The Bertz CT molecular complexity index is 1530. The second kappa shape index (κ2) is 14.4. The number of nitrogens with one attached hydrogen (secondary N) is 1. The maximum atomic E-state index is 13.4. The molecule has 2 amide bonds. The van der Waals surface area contributed by atoms with Gasteiger partial charge in [0.05, 0.1) is 18.4 Å². The number of fused-ring (bicyclic) bond motifs is 2. The molecule has 0 aromatic heterocycles. The monoisotopic (exact) mass is 659 g/mol. The molecule has 2 heterocycles. The van der Waals surface area contributed by atoms with E-state index in [0.717, 1.165) is 32.1 Å². The number of hydrogen-bond acceptors (Lipinski definition) is 8. The van der Waals surface area contributed by atoms with Crippen molar-refractivity contribution in [2.75, 3.05) is 31.2 Å². The highest BCUT2D eigenvalue weighted by Gasteiger charge is 2.38. The number of aliphatic hydroxyl groups excluding tert-OH is 1. The van der Waals surface area contributed by atoms with Gasteiger partial charge in [-0.05, 0) is 91.8 Å². The highest BCUT2D eigenvalue weighted by Crippen LogP contribution is 2.42. The second-order valence-corrected chi connectivity index (χ2v) is 14.7. The molecular weight excluding hydrogens is 618 g/mol. The van der Waals surface area contributed by atoms with Crippen LogP contribution < -0.4 is 20.1 Å². The Morgan fingerprint density at radius 2 is 2.00 bits per heavy atom. The van der Waals surface area contributed by atoms with Gasteiger partial charge in [-0.1, -0.05) is 43.2 Å². The molecule has 2 aliphatic heterocycles. The molecule has 45 heavy (non-hydrogen) atoms. The van der Waals surface area contributed by atoms with E-state index in [-0.39, 0.29) is 29.7 Å². The van der Waals surface area contributed by atoms with Crippen LogP contribution in [0.25, 0.3) is 0 Å². The highest BCUT2D eigenvalue weighted by molar-refractivity contribution is 7.90. The first-order valence-electron chi connectivity index (χ1n) is 15.7. The third-order valence-electron chi connectivity index (χ3n) is 9.23. The number of amides is 2. The van der Waals surface area contributed by atoms with E-state index >= 15 is 0 Å². The maximum Gasteiger partial charge on any atom is 0.404 e. The van der Waals surface area contributed by atoms with E-state index < -0.39 is 40.0 Å².